The van der Waals surface area contributed by atoms with Crippen LogP contribution in [-0.4, -0.2) is 47.9 Å². The van der Waals surface area contributed by atoms with Crippen LogP contribution >= 0.6 is 23.1 Å². The van der Waals surface area contributed by atoms with Gasteiger partial charge in [0.15, 0.2) is 5.13 Å². The molecule has 1 amide bonds. The molecule has 1 aliphatic heterocycles. The molecule has 0 atom stereocenters. The first-order chi connectivity index (χ1) is 17.0. The summed E-state index contributed by atoms with van der Waals surface area (Å²) >= 11 is 3.12. The number of aromatic nitrogens is 2. The molecule has 2 aromatic carbocycles. The summed E-state index contributed by atoms with van der Waals surface area (Å²) in [6.07, 6.45) is 7.19. The van der Waals surface area contributed by atoms with Crippen molar-refractivity contribution in [2.75, 3.05) is 24.2 Å². The third-order valence-electron chi connectivity index (χ3n) is 5.93. The van der Waals surface area contributed by atoms with Gasteiger partial charge in [-0.15, -0.1) is 11.8 Å². The molecule has 0 aliphatic carbocycles. The van der Waals surface area contributed by atoms with E-state index >= 15 is 0 Å². The Kier molecular flexibility index (Phi) is 6.88. The molecule has 1 saturated heterocycles. The Morgan fingerprint density at radius 3 is 2.57 bits per heavy atom. The van der Waals surface area contributed by atoms with Gasteiger partial charge in [0, 0.05) is 35.9 Å². The number of thioether (sulfide) groups is 1. The molecule has 10 heteroatoms. The molecule has 0 N–H and O–H groups in total. The second-order valence-corrected chi connectivity index (χ2v) is 12.0. The van der Waals surface area contributed by atoms with Gasteiger partial charge in [-0.05, 0) is 73.2 Å². The van der Waals surface area contributed by atoms with E-state index in [1.54, 1.807) is 41.2 Å². The SMILES string of the molecule is CSc1ccc2nc(N(Cc3cccnc3)C(=O)c3ccc(S(=O)(=O)N4CCCC4)cc3)sc2c1. The van der Waals surface area contributed by atoms with Gasteiger partial charge in [0.2, 0.25) is 10.0 Å². The Hall–Kier alpha value is -2.79. The van der Waals surface area contributed by atoms with Crippen molar-refractivity contribution in [1.82, 2.24) is 14.3 Å². The number of amides is 1. The third kappa shape index (κ3) is 4.97. The highest BCUT2D eigenvalue weighted by molar-refractivity contribution is 7.98. The Bertz CT molecular complexity index is 1450. The molecule has 2 aromatic heterocycles. The van der Waals surface area contributed by atoms with E-state index in [4.69, 9.17) is 4.98 Å². The average molecular weight is 525 g/mol. The van der Waals surface area contributed by atoms with Gasteiger partial charge < -0.3 is 0 Å². The molecule has 1 aliphatic rings. The topological polar surface area (TPSA) is 83.5 Å². The molecule has 35 heavy (non-hydrogen) atoms. The summed E-state index contributed by atoms with van der Waals surface area (Å²) in [6, 6.07) is 16.0. The number of hydrogen-bond donors (Lipinski definition) is 0. The maximum atomic E-state index is 13.7. The van der Waals surface area contributed by atoms with E-state index in [1.165, 1.54) is 27.8 Å². The first-order valence-electron chi connectivity index (χ1n) is 11.2. The number of pyridine rings is 1. The first-order valence-corrected chi connectivity index (χ1v) is 14.7. The quantitative estimate of drug-likeness (QED) is 0.315. The molecule has 7 nitrogen and oxygen atoms in total. The summed E-state index contributed by atoms with van der Waals surface area (Å²) in [7, 11) is -3.54. The summed E-state index contributed by atoms with van der Waals surface area (Å²) in [5, 5.41) is 0.584. The third-order valence-corrected chi connectivity index (χ3v) is 9.61. The summed E-state index contributed by atoms with van der Waals surface area (Å²) < 4.78 is 28.3. The normalized spacial score (nSPS) is 14.4. The van der Waals surface area contributed by atoms with Crippen LogP contribution in [0.15, 0.2) is 76.8 Å². The zero-order valence-electron chi connectivity index (χ0n) is 19.1. The number of hydrogen-bond acceptors (Lipinski definition) is 7. The average Bonchev–Trinajstić information content (AvgIpc) is 3.58. The fourth-order valence-corrected chi connectivity index (χ4v) is 7.07. The number of carbonyl (C=O) groups excluding carboxylic acids is 1. The summed E-state index contributed by atoms with van der Waals surface area (Å²) in [5.41, 5.74) is 2.11. The maximum absolute atomic E-state index is 13.7. The van der Waals surface area contributed by atoms with Crippen molar-refractivity contribution in [1.29, 1.82) is 0 Å². The van der Waals surface area contributed by atoms with Crippen molar-refractivity contribution in [3.8, 4) is 0 Å². The Morgan fingerprint density at radius 2 is 1.89 bits per heavy atom. The molecule has 180 valence electrons. The van der Waals surface area contributed by atoms with Crippen molar-refractivity contribution >= 4 is 54.4 Å². The molecule has 0 bridgehead atoms. The highest BCUT2D eigenvalue weighted by atomic mass is 32.2. The van der Waals surface area contributed by atoms with Gasteiger partial charge in [0.1, 0.15) is 0 Å². The molecule has 0 saturated carbocycles. The number of nitrogens with zero attached hydrogens (tertiary/aromatic N) is 4. The van der Waals surface area contributed by atoms with E-state index in [2.05, 4.69) is 11.1 Å². The van der Waals surface area contributed by atoms with Crippen LogP contribution in [-0.2, 0) is 16.6 Å². The largest absolute Gasteiger partial charge is 0.279 e. The second-order valence-electron chi connectivity index (χ2n) is 8.22. The molecule has 0 spiro atoms. The number of fused-ring (bicyclic) bond motifs is 1. The van der Waals surface area contributed by atoms with Gasteiger partial charge in [0.05, 0.1) is 21.7 Å². The van der Waals surface area contributed by atoms with Crippen LogP contribution in [0.2, 0.25) is 0 Å². The fraction of sp³-hybridized carbons (Fsp3) is 0.240. The zero-order chi connectivity index (χ0) is 24.4. The Balaban J connectivity index is 1.48. The van der Waals surface area contributed by atoms with E-state index in [9.17, 15) is 13.2 Å². The predicted octanol–water partition coefficient (Wildman–Crippen LogP) is 5.04. The highest BCUT2D eigenvalue weighted by Gasteiger charge is 2.28. The lowest BCUT2D eigenvalue weighted by molar-refractivity contribution is 0.0985. The summed E-state index contributed by atoms with van der Waals surface area (Å²) in [4.78, 5) is 25.6. The van der Waals surface area contributed by atoms with Crippen molar-refractivity contribution < 1.29 is 13.2 Å². The van der Waals surface area contributed by atoms with Crippen LogP contribution in [0.5, 0.6) is 0 Å². The van der Waals surface area contributed by atoms with Crippen molar-refractivity contribution in [3.63, 3.8) is 0 Å². The molecular weight excluding hydrogens is 501 g/mol. The van der Waals surface area contributed by atoms with E-state index < -0.39 is 10.0 Å². The van der Waals surface area contributed by atoms with Crippen LogP contribution in [0.25, 0.3) is 10.2 Å². The fourth-order valence-electron chi connectivity index (χ4n) is 4.04. The number of anilines is 1. The molecule has 1 fully saturated rings. The van der Waals surface area contributed by atoms with Crippen molar-refractivity contribution in [3.05, 3.63) is 78.1 Å². The van der Waals surface area contributed by atoms with Crippen LogP contribution in [0, 0.1) is 0 Å². The molecule has 0 radical (unpaired) electrons. The van der Waals surface area contributed by atoms with Gasteiger partial charge >= 0.3 is 0 Å². The first kappa shape index (κ1) is 23.9. The van der Waals surface area contributed by atoms with Crippen LogP contribution < -0.4 is 4.90 Å². The van der Waals surface area contributed by atoms with Crippen molar-refractivity contribution in [2.45, 2.75) is 29.2 Å². The number of sulfonamides is 1. The van der Waals surface area contributed by atoms with Gasteiger partial charge in [-0.25, -0.2) is 13.4 Å². The highest BCUT2D eigenvalue weighted by Crippen LogP contribution is 2.33. The molecule has 5 rings (SSSR count). The summed E-state index contributed by atoms with van der Waals surface area (Å²) in [6.45, 7) is 1.38. The lowest BCUT2D eigenvalue weighted by Gasteiger charge is -2.20. The van der Waals surface area contributed by atoms with Gasteiger partial charge in [-0.2, -0.15) is 4.31 Å². The summed E-state index contributed by atoms with van der Waals surface area (Å²) in [5.74, 6) is -0.247. The predicted molar refractivity (Wildman–Crippen MR) is 141 cm³/mol. The van der Waals surface area contributed by atoms with Gasteiger partial charge in [-0.3, -0.25) is 14.7 Å². The number of benzene rings is 2. The lowest BCUT2D eigenvalue weighted by Crippen LogP contribution is -2.30. The van der Waals surface area contributed by atoms with E-state index in [0.29, 0.717) is 30.3 Å². The van der Waals surface area contributed by atoms with E-state index in [0.717, 1.165) is 33.5 Å². The smallest absolute Gasteiger partial charge is 0.260 e. The standard InChI is InChI=1S/C25H24N4O3S3/c1-33-20-8-11-22-23(15-20)34-25(27-22)29(17-18-5-4-12-26-16-18)24(30)19-6-9-21(10-7-19)35(31,32)28-13-2-3-14-28/h4-12,15-16H,2-3,13-14,17H2,1H3. The van der Waals surface area contributed by atoms with Gasteiger partial charge in [-0.1, -0.05) is 17.4 Å². The monoisotopic (exact) mass is 524 g/mol. The van der Waals surface area contributed by atoms with Gasteiger partial charge in [0.25, 0.3) is 5.91 Å². The minimum Gasteiger partial charge on any atom is -0.279 e. The van der Waals surface area contributed by atoms with E-state index in [1.807, 2.05) is 30.5 Å². The lowest BCUT2D eigenvalue weighted by atomic mass is 10.2. The van der Waals surface area contributed by atoms with Crippen molar-refractivity contribution in [2.24, 2.45) is 0 Å². The second kappa shape index (κ2) is 10.1. The number of thiazole rings is 1. The van der Waals surface area contributed by atoms with E-state index in [-0.39, 0.29) is 10.8 Å². The molecule has 0 unspecified atom stereocenters. The van der Waals surface area contributed by atoms with Crippen LogP contribution in [0.3, 0.4) is 0 Å². The van der Waals surface area contributed by atoms with Crippen LogP contribution in [0.4, 0.5) is 5.13 Å². The number of rotatable bonds is 7. The maximum Gasteiger partial charge on any atom is 0.260 e. The Morgan fingerprint density at radius 1 is 1.11 bits per heavy atom. The molecular formula is C25H24N4O3S3. The minimum absolute atomic E-state index is 0.208. The minimum atomic E-state index is -3.54. The Labute approximate surface area is 212 Å². The van der Waals surface area contributed by atoms with Crippen LogP contribution in [0.1, 0.15) is 28.8 Å². The molecule has 3 heterocycles. The zero-order valence-corrected chi connectivity index (χ0v) is 21.6. The number of carbonyl (C=O) groups is 1. The molecule has 4 aromatic rings.